The van der Waals surface area contributed by atoms with Crippen molar-refractivity contribution >= 4 is 27.8 Å². The van der Waals surface area contributed by atoms with E-state index >= 15 is 0 Å². The second kappa shape index (κ2) is 14.9. The molecule has 0 atom stereocenters. The van der Waals surface area contributed by atoms with E-state index in [0.29, 0.717) is 0 Å². The number of nitrogens with zero attached hydrogens (tertiary/aromatic N) is 1. The largest absolute Gasteiger partial charge is 0.310 e. The molecule has 0 saturated carbocycles. The van der Waals surface area contributed by atoms with E-state index in [1.54, 1.807) is 0 Å². The first-order valence-electron chi connectivity index (χ1n) is 20.8. The molecule has 1 nitrogen and oxygen atoms in total. The molecule has 0 bridgehead atoms. The predicted octanol–water partition coefficient (Wildman–Crippen LogP) is 15.7. The normalized spacial score (nSPS) is 12.5. The summed E-state index contributed by atoms with van der Waals surface area (Å²) in [5.74, 6) is 0. The maximum atomic E-state index is 2.44. The number of benzene rings is 10. The van der Waals surface area contributed by atoms with Gasteiger partial charge in [-0.05, 0) is 120 Å². The molecular weight excluding hydrogens is 723 g/mol. The van der Waals surface area contributed by atoms with Crippen LogP contribution in [0.1, 0.15) is 22.3 Å². The topological polar surface area (TPSA) is 3.24 Å². The van der Waals surface area contributed by atoms with Crippen molar-refractivity contribution < 1.29 is 0 Å². The Balaban J connectivity index is 1.02. The third-order valence-corrected chi connectivity index (χ3v) is 12.3. The molecule has 0 radical (unpaired) electrons. The summed E-state index contributed by atoms with van der Waals surface area (Å²) in [6, 6.07) is 90.9. The van der Waals surface area contributed by atoms with E-state index in [1.165, 1.54) is 77.5 Å². The minimum absolute atomic E-state index is 0.479. The van der Waals surface area contributed by atoms with Crippen molar-refractivity contribution in [2.45, 2.75) is 5.41 Å². The van der Waals surface area contributed by atoms with Gasteiger partial charge in [-0.25, -0.2) is 0 Å². The Morgan fingerprint density at radius 3 is 1.43 bits per heavy atom. The molecule has 1 aliphatic carbocycles. The van der Waals surface area contributed by atoms with Gasteiger partial charge in [-0.2, -0.15) is 0 Å². The molecule has 0 fully saturated rings. The quantitative estimate of drug-likeness (QED) is 0.149. The van der Waals surface area contributed by atoms with Crippen molar-refractivity contribution in [1.29, 1.82) is 0 Å². The Morgan fingerprint density at radius 2 is 0.750 bits per heavy atom. The molecule has 10 aromatic rings. The second-order valence-corrected chi connectivity index (χ2v) is 15.6. The smallest absolute Gasteiger partial charge is 0.0714 e. The fraction of sp³-hybridized carbons (Fsp3) is 0.0169. The van der Waals surface area contributed by atoms with E-state index in [2.05, 4.69) is 254 Å². The first kappa shape index (κ1) is 35.4. The van der Waals surface area contributed by atoms with Gasteiger partial charge >= 0.3 is 0 Å². The van der Waals surface area contributed by atoms with Crippen LogP contribution in [0.3, 0.4) is 0 Å². The molecule has 0 aromatic heterocycles. The fourth-order valence-electron chi connectivity index (χ4n) is 9.70. The van der Waals surface area contributed by atoms with E-state index in [0.717, 1.165) is 17.1 Å². The molecule has 0 aliphatic heterocycles. The van der Waals surface area contributed by atoms with Gasteiger partial charge < -0.3 is 4.90 Å². The second-order valence-electron chi connectivity index (χ2n) is 15.6. The van der Waals surface area contributed by atoms with Gasteiger partial charge in [0.05, 0.1) is 5.41 Å². The SMILES string of the molecule is c1ccc(-c2cccc3cccc(-c4cccc(-c5ccc(N(c6ccccc6)c6ccc7c(c6)C(c6ccccc6)(c6ccccc6)c6ccccc6-7)cc5)c4)c23)cc1. The Bertz CT molecular complexity index is 3070. The maximum Gasteiger partial charge on any atom is 0.0714 e. The zero-order valence-electron chi connectivity index (χ0n) is 33.1. The summed E-state index contributed by atoms with van der Waals surface area (Å²) >= 11 is 0. The van der Waals surface area contributed by atoms with Crippen LogP contribution in [0.15, 0.2) is 249 Å². The fourth-order valence-corrected chi connectivity index (χ4v) is 9.70. The number of fused-ring (bicyclic) bond motifs is 4. The van der Waals surface area contributed by atoms with Gasteiger partial charge in [0.25, 0.3) is 0 Å². The van der Waals surface area contributed by atoms with Crippen LogP contribution in [0.2, 0.25) is 0 Å². The molecule has 0 saturated heterocycles. The van der Waals surface area contributed by atoms with E-state index in [-0.39, 0.29) is 0 Å². The summed E-state index contributed by atoms with van der Waals surface area (Å²) in [5, 5.41) is 2.52. The Hall–Kier alpha value is -7.74. The number of hydrogen-bond acceptors (Lipinski definition) is 1. The lowest BCUT2D eigenvalue weighted by Crippen LogP contribution is -2.28. The van der Waals surface area contributed by atoms with Crippen LogP contribution in [0, 0.1) is 0 Å². The maximum absolute atomic E-state index is 2.44. The van der Waals surface area contributed by atoms with Gasteiger partial charge in [-0.15, -0.1) is 0 Å². The van der Waals surface area contributed by atoms with Crippen molar-refractivity contribution in [2.24, 2.45) is 0 Å². The van der Waals surface area contributed by atoms with E-state index in [1.807, 2.05) is 0 Å². The van der Waals surface area contributed by atoms with Crippen LogP contribution in [-0.2, 0) is 5.41 Å². The minimum atomic E-state index is -0.479. The van der Waals surface area contributed by atoms with Crippen molar-refractivity contribution in [2.75, 3.05) is 4.90 Å². The third kappa shape index (κ3) is 5.86. The highest BCUT2D eigenvalue weighted by atomic mass is 15.1. The van der Waals surface area contributed by atoms with E-state index in [9.17, 15) is 0 Å². The molecule has 1 aliphatic rings. The standard InChI is InChI=1S/C59H41N/c1-5-18-43(19-6-1)52-31-16-20-44-21-17-32-53(58(44)52)46-23-15-22-45(40-46)42-34-36-50(37-35-42)60(49-28-11-4-12-29-49)51-38-39-55-54-30-13-14-33-56(54)59(57(55)41-51,47-24-7-2-8-25-47)48-26-9-3-10-27-48/h1-41H. The molecule has 0 spiro atoms. The highest BCUT2D eigenvalue weighted by Gasteiger charge is 2.46. The summed E-state index contributed by atoms with van der Waals surface area (Å²) in [7, 11) is 0. The molecular formula is C59H41N. The summed E-state index contributed by atoms with van der Waals surface area (Å²) in [6.45, 7) is 0. The van der Waals surface area contributed by atoms with E-state index in [4.69, 9.17) is 0 Å². The number of rotatable bonds is 8. The third-order valence-electron chi connectivity index (χ3n) is 12.3. The molecule has 11 rings (SSSR count). The summed E-state index contributed by atoms with van der Waals surface area (Å²) in [4.78, 5) is 2.39. The average molecular weight is 764 g/mol. The minimum Gasteiger partial charge on any atom is -0.310 e. The molecule has 0 amide bonds. The van der Waals surface area contributed by atoms with Gasteiger partial charge in [-0.3, -0.25) is 0 Å². The Labute approximate surface area is 352 Å². The highest BCUT2D eigenvalue weighted by molar-refractivity contribution is 6.06. The van der Waals surface area contributed by atoms with Gasteiger partial charge in [0, 0.05) is 17.1 Å². The number of hydrogen-bond donors (Lipinski definition) is 0. The lowest BCUT2D eigenvalue weighted by molar-refractivity contribution is 0.768. The van der Waals surface area contributed by atoms with Crippen LogP contribution in [-0.4, -0.2) is 0 Å². The van der Waals surface area contributed by atoms with Crippen LogP contribution < -0.4 is 4.90 Å². The van der Waals surface area contributed by atoms with Gasteiger partial charge in [0.1, 0.15) is 0 Å². The van der Waals surface area contributed by atoms with Crippen molar-refractivity contribution in [3.8, 4) is 44.5 Å². The van der Waals surface area contributed by atoms with Crippen LogP contribution >= 0.6 is 0 Å². The first-order chi connectivity index (χ1) is 29.8. The predicted molar refractivity (Wildman–Crippen MR) is 252 cm³/mol. The summed E-state index contributed by atoms with van der Waals surface area (Å²) in [5.41, 5.74) is 17.8. The number of anilines is 3. The zero-order chi connectivity index (χ0) is 39.9. The Morgan fingerprint density at radius 1 is 0.267 bits per heavy atom. The molecule has 1 heteroatoms. The lowest BCUT2D eigenvalue weighted by Gasteiger charge is -2.35. The molecule has 60 heavy (non-hydrogen) atoms. The molecule has 10 aromatic carbocycles. The average Bonchev–Trinajstić information content (AvgIpc) is 3.63. The van der Waals surface area contributed by atoms with Gasteiger partial charge in [0.2, 0.25) is 0 Å². The van der Waals surface area contributed by atoms with Crippen molar-refractivity contribution in [1.82, 2.24) is 0 Å². The lowest BCUT2D eigenvalue weighted by atomic mass is 9.67. The summed E-state index contributed by atoms with van der Waals surface area (Å²) < 4.78 is 0. The van der Waals surface area contributed by atoms with Gasteiger partial charge in [0.15, 0.2) is 0 Å². The molecule has 282 valence electrons. The molecule has 0 N–H and O–H groups in total. The zero-order valence-corrected chi connectivity index (χ0v) is 33.1. The molecule has 0 heterocycles. The first-order valence-corrected chi connectivity index (χ1v) is 20.8. The number of para-hydroxylation sites is 1. The van der Waals surface area contributed by atoms with Crippen LogP contribution in [0.25, 0.3) is 55.3 Å². The van der Waals surface area contributed by atoms with Crippen LogP contribution in [0.5, 0.6) is 0 Å². The van der Waals surface area contributed by atoms with Crippen LogP contribution in [0.4, 0.5) is 17.1 Å². The monoisotopic (exact) mass is 763 g/mol. The van der Waals surface area contributed by atoms with Crippen molar-refractivity contribution in [3.05, 3.63) is 271 Å². The van der Waals surface area contributed by atoms with Crippen molar-refractivity contribution in [3.63, 3.8) is 0 Å². The Kier molecular flexibility index (Phi) is 8.79. The molecule has 0 unspecified atom stereocenters. The van der Waals surface area contributed by atoms with Gasteiger partial charge in [-0.1, -0.05) is 206 Å². The van der Waals surface area contributed by atoms with E-state index < -0.39 is 5.41 Å². The highest BCUT2D eigenvalue weighted by Crippen LogP contribution is 2.57. The summed E-state index contributed by atoms with van der Waals surface area (Å²) in [6.07, 6.45) is 0.